The van der Waals surface area contributed by atoms with E-state index in [2.05, 4.69) is 52.1 Å². The van der Waals surface area contributed by atoms with Crippen LogP contribution in [0.25, 0.3) is 5.69 Å². The molecule has 2 fully saturated rings. The highest BCUT2D eigenvalue weighted by molar-refractivity contribution is 5.97. The van der Waals surface area contributed by atoms with Crippen molar-refractivity contribution >= 4 is 11.8 Å². The molecule has 0 spiro atoms. The Hall–Kier alpha value is -3.56. The van der Waals surface area contributed by atoms with E-state index in [1.54, 1.807) is 29.2 Å². The molecule has 1 saturated carbocycles. The molecule has 39 heavy (non-hydrogen) atoms. The average molecular weight is 531 g/mol. The number of amides is 2. The molecule has 0 radical (unpaired) electrons. The first kappa shape index (κ1) is 27.0. The molecule has 9 nitrogen and oxygen atoms in total. The highest BCUT2D eigenvalue weighted by Crippen LogP contribution is 2.40. The first-order valence-corrected chi connectivity index (χ1v) is 13.9. The van der Waals surface area contributed by atoms with Crippen LogP contribution in [0.15, 0.2) is 60.9 Å². The number of nitrogens with zero attached hydrogens (tertiary/aromatic N) is 4. The van der Waals surface area contributed by atoms with Gasteiger partial charge in [0.2, 0.25) is 5.91 Å². The van der Waals surface area contributed by atoms with Gasteiger partial charge in [-0.15, -0.1) is 5.10 Å². The number of hydrogen-bond acceptors (Lipinski definition) is 6. The standard InChI is InChI=1S/C30H38N6O3/c1-20-6-8-23(9-7-20)26-17-28(26)31-14-4-5-27(30(38)35-18-21(2)39-22(3)19-35)33-29(37)24-10-12-25(13-11-24)36-16-15-32-34-36/h6-13,15-16,21-22,26-28,31H,4-5,14,17-19H2,1-3H3,(H,33,37)/t21-,22+,26-,27-,28+/m0/s1. The summed E-state index contributed by atoms with van der Waals surface area (Å²) in [6.07, 6.45) is 5.77. The number of rotatable bonds is 10. The molecule has 2 N–H and O–H groups in total. The van der Waals surface area contributed by atoms with Crippen molar-refractivity contribution in [2.24, 2.45) is 0 Å². The molecule has 1 aromatic heterocycles. The van der Waals surface area contributed by atoms with Crippen LogP contribution >= 0.6 is 0 Å². The minimum absolute atomic E-state index is 0.0337. The summed E-state index contributed by atoms with van der Waals surface area (Å²) < 4.78 is 7.45. The maximum atomic E-state index is 13.6. The molecule has 3 aromatic rings. The van der Waals surface area contributed by atoms with E-state index in [9.17, 15) is 9.59 Å². The summed E-state index contributed by atoms with van der Waals surface area (Å²) in [7, 11) is 0. The number of carbonyl (C=O) groups excluding carboxylic acids is 2. The number of ether oxygens (including phenoxy) is 1. The van der Waals surface area contributed by atoms with Gasteiger partial charge in [-0.05, 0) is 76.4 Å². The smallest absolute Gasteiger partial charge is 0.251 e. The van der Waals surface area contributed by atoms with Crippen LogP contribution in [0, 0.1) is 6.92 Å². The highest BCUT2D eigenvalue weighted by Gasteiger charge is 2.37. The first-order chi connectivity index (χ1) is 18.9. The fourth-order valence-electron chi connectivity index (χ4n) is 5.38. The summed E-state index contributed by atoms with van der Waals surface area (Å²) in [6, 6.07) is 15.8. The van der Waals surface area contributed by atoms with Crippen LogP contribution in [0.2, 0.25) is 0 Å². The van der Waals surface area contributed by atoms with E-state index < -0.39 is 6.04 Å². The molecular formula is C30H38N6O3. The minimum Gasteiger partial charge on any atom is -0.372 e. The van der Waals surface area contributed by atoms with Gasteiger partial charge in [-0.2, -0.15) is 0 Å². The Bertz CT molecular complexity index is 1230. The zero-order valence-corrected chi connectivity index (χ0v) is 22.9. The van der Waals surface area contributed by atoms with Crippen LogP contribution < -0.4 is 10.6 Å². The molecule has 0 bridgehead atoms. The third-order valence-corrected chi connectivity index (χ3v) is 7.52. The van der Waals surface area contributed by atoms with E-state index in [1.807, 2.05) is 30.9 Å². The molecule has 0 unspecified atom stereocenters. The van der Waals surface area contributed by atoms with Gasteiger partial charge in [0.25, 0.3) is 5.91 Å². The Kier molecular flexibility index (Phi) is 8.38. The van der Waals surface area contributed by atoms with Crippen molar-refractivity contribution in [2.75, 3.05) is 19.6 Å². The Morgan fingerprint density at radius 2 is 1.77 bits per heavy atom. The van der Waals surface area contributed by atoms with Crippen molar-refractivity contribution in [2.45, 2.75) is 70.2 Å². The second-order valence-electron chi connectivity index (χ2n) is 10.9. The van der Waals surface area contributed by atoms with Gasteiger partial charge in [0, 0.05) is 30.6 Å². The maximum Gasteiger partial charge on any atom is 0.251 e. The van der Waals surface area contributed by atoms with E-state index in [-0.39, 0.29) is 24.0 Å². The first-order valence-electron chi connectivity index (χ1n) is 13.9. The van der Waals surface area contributed by atoms with Gasteiger partial charge in [-0.1, -0.05) is 35.0 Å². The van der Waals surface area contributed by atoms with E-state index in [1.165, 1.54) is 11.1 Å². The van der Waals surface area contributed by atoms with Crippen LogP contribution in [-0.4, -0.2) is 75.6 Å². The molecule has 1 aliphatic heterocycles. The number of benzene rings is 2. The molecule has 206 valence electrons. The summed E-state index contributed by atoms with van der Waals surface area (Å²) in [4.78, 5) is 28.6. The number of aryl methyl sites for hydroxylation is 1. The van der Waals surface area contributed by atoms with Crippen molar-refractivity contribution in [3.8, 4) is 5.69 Å². The summed E-state index contributed by atoms with van der Waals surface area (Å²) >= 11 is 0. The highest BCUT2D eigenvalue weighted by atomic mass is 16.5. The predicted octanol–water partition coefficient (Wildman–Crippen LogP) is 3.24. The van der Waals surface area contributed by atoms with Crippen LogP contribution in [0.4, 0.5) is 0 Å². The van der Waals surface area contributed by atoms with Crippen molar-refractivity contribution in [3.05, 3.63) is 77.6 Å². The molecule has 5 atom stereocenters. The van der Waals surface area contributed by atoms with Crippen molar-refractivity contribution in [1.29, 1.82) is 0 Å². The lowest BCUT2D eigenvalue weighted by atomic mass is 10.1. The molecule has 1 saturated heterocycles. The maximum absolute atomic E-state index is 13.6. The van der Waals surface area contributed by atoms with Gasteiger partial charge in [-0.3, -0.25) is 9.59 Å². The van der Waals surface area contributed by atoms with Crippen molar-refractivity contribution < 1.29 is 14.3 Å². The fraction of sp³-hybridized carbons (Fsp3) is 0.467. The Morgan fingerprint density at radius 3 is 2.44 bits per heavy atom. The topological polar surface area (TPSA) is 101 Å². The zero-order valence-electron chi connectivity index (χ0n) is 22.9. The number of nitrogens with one attached hydrogen (secondary N) is 2. The molecule has 5 rings (SSSR count). The lowest BCUT2D eigenvalue weighted by Gasteiger charge is -2.37. The normalized spacial score (nSPS) is 23.3. The van der Waals surface area contributed by atoms with Crippen molar-refractivity contribution in [1.82, 2.24) is 30.5 Å². The third kappa shape index (κ3) is 6.91. The lowest BCUT2D eigenvalue weighted by molar-refractivity contribution is -0.145. The Balaban J connectivity index is 1.18. The van der Waals surface area contributed by atoms with Gasteiger partial charge < -0.3 is 20.3 Å². The quantitative estimate of drug-likeness (QED) is 0.391. The van der Waals surface area contributed by atoms with Crippen LogP contribution in [-0.2, 0) is 9.53 Å². The predicted molar refractivity (Wildman–Crippen MR) is 149 cm³/mol. The number of hydrogen-bond donors (Lipinski definition) is 2. The molecular weight excluding hydrogens is 492 g/mol. The second kappa shape index (κ2) is 12.1. The summed E-state index contributed by atoms with van der Waals surface area (Å²) in [5.74, 6) is 0.246. The second-order valence-corrected chi connectivity index (χ2v) is 10.9. The molecule has 2 aromatic carbocycles. The largest absolute Gasteiger partial charge is 0.372 e. The van der Waals surface area contributed by atoms with Gasteiger partial charge in [0.15, 0.2) is 0 Å². The summed E-state index contributed by atoms with van der Waals surface area (Å²) in [5, 5.41) is 14.5. The van der Waals surface area contributed by atoms with Crippen molar-refractivity contribution in [3.63, 3.8) is 0 Å². The number of morpholine rings is 1. The zero-order chi connectivity index (χ0) is 27.4. The fourth-order valence-corrected chi connectivity index (χ4v) is 5.38. The molecule has 2 amide bonds. The third-order valence-electron chi connectivity index (χ3n) is 7.52. The SMILES string of the molecule is Cc1ccc([C@@H]2C[C@H]2NCCC[C@H](NC(=O)c2ccc(-n3ccnn3)cc2)C(=O)N2C[C@@H](C)O[C@@H](C)C2)cc1. The summed E-state index contributed by atoms with van der Waals surface area (Å²) in [6.45, 7) is 7.92. The van der Waals surface area contributed by atoms with E-state index >= 15 is 0 Å². The van der Waals surface area contributed by atoms with Crippen LogP contribution in [0.5, 0.6) is 0 Å². The number of carbonyl (C=O) groups is 2. The van der Waals surface area contributed by atoms with E-state index in [0.29, 0.717) is 37.0 Å². The van der Waals surface area contributed by atoms with Gasteiger partial charge in [0.05, 0.1) is 30.3 Å². The monoisotopic (exact) mass is 530 g/mol. The van der Waals surface area contributed by atoms with Crippen LogP contribution in [0.1, 0.15) is 60.5 Å². The Labute approximate surface area is 229 Å². The average Bonchev–Trinajstić information content (AvgIpc) is 3.48. The number of aromatic nitrogens is 3. The Morgan fingerprint density at radius 1 is 1.05 bits per heavy atom. The van der Waals surface area contributed by atoms with E-state index in [4.69, 9.17) is 4.74 Å². The van der Waals surface area contributed by atoms with Gasteiger partial charge >= 0.3 is 0 Å². The van der Waals surface area contributed by atoms with Crippen LogP contribution in [0.3, 0.4) is 0 Å². The minimum atomic E-state index is -0.598. The van der Waals surface area contributed by atoms with E-state index in [0.717, 1.165) is 25.1 Å². The van der Waals surface area contributed by atoms with Gasteiger partial charge in [0.1, 0.15) is 6.04 Å². The summed E-state index contributed by atoms with van der Waals surface area (Å²) in [5.41, 5.74) is 3.96. The molecule has 9 heteroatoms. The van der Waals surface area contributed by atoms with Gasteiger partial charge in [-0.25, -0.2) is 4.68 Å². The molecule has 1 aliphatic carbocycles. The molecule has 2 heterocycles. The molecule has 2 aliphatic rings. The lowest BCUT2D eigenvalue weighted by Crippen LogP contribution is -2.55.